The van der Waals surface area contributed by atoms with Gasteiger partial charge in [-0.25, -0.2) is 0 Å². The molecule has 1 aliphatic rings. The van der Waals surface area contributed by atoms with Gasteiger partial charge in [0.25, 0.3) is 0 Å². The summed E-state index contributed by atoms with van der Waals surface area (Å²) in [6.07, 6.45) is 2.19. The number of thiophene rings is 1. The van der Waals surface area contributed by atoms with Crippen molar-refractivity contribution in [2.24, 2.45) is 0 Å². The number of hydrogen-bond acceptors (Lipinski definition) is 6. The minimum absolute atomic E-state index is 0.120. The number of likely N-dealkylation sites (tertiary alicyclic amines) is 1. The predicted octanol–water partition coefficient (Wildman–Crippen LogP) is 2.20. The summed E-state index contributed by atoms with van der Waals surface area (Å²) >= 11 is 1.60. The molecule has 8 heteroatoms. The molecular weight excluding hydrogens is 324 g/mol. The minimum Gasteiger partial charge on any atom is -0.360 e. The largest absolute Gasteiger partial charge is 0.360 e. The second kappa shape index (κ2) is 6.20. The predicted molar refractivity (Wildman–Crippen MR) is 93.1 cm³/mol. The first-order chi connectivity index (χ1) is 11.7. The average Bonchev–Trinajstić information content (AvgIpc) is 3.31. The van der Waals surface area contributed by atoms with E-state index in [0.29, 0.717) is 5.82 Å². The Morgan fingerprint density at radius 2 is 2.17 bits per heavy atom. The van der Waals surface area contributed by atoms with Crippen LogP contribution in [0.4, 0.5) is 5.82 Å². The van der Waals surface area contributed by atoms with Crippen LogP contribution in [0.1, 0.15) is 18.4 Å². The quantitative estimate of drug-likeness (QED) is 0.787. The molecule has 1 aliphatic heterocycles. The molecule has 0 aliphatic carbocycles. The summed E-state index contributed by atoms with van der Waals surface area (Å²) in [6, 6.07) is 5.87. The number of rotatable bonds is 4. The number of nitrogens with zero attached hydrogens (tertiary/aromatic N) is 5. The summed E-state index contributed by atoms with van der Waals surface area (Å²) in [5, 5.41) is 18.2. The molecule has 0 radical (unpaired) electrons. The van der Waals surface area contributed by atoms with E-state index in [4.69, 9.17) is 0 Å². The molecule has 1 fully saturated rings. The second-order valence-electron chi connectivity index (χ2n) is 5.89. The molecule has 1 amide bonds. The number of aromatic nitrogens is 4. The SMILES string of the molecule is Cc1cc(NCC(=O)N2CCCC2)nn2c(-c3cccs3)nnc12. The maximum Gasteiger partial charge on any atom is 0.241 e. The van der Waals surface area contributed by atoms with E-state index in [1.54, 1.807) is 15.9 Å². The van der Waals surface area contributed by atoms with Crippen molar-refractivity contribution in [1.29, 1.82) is 0 Å². The summed E-state index contributed by atoms with van der Waals surface area (Å²) in [4.78, 5) is 15.1. The van der Waals surface area contributed by atoms with Crippen LogP contribution in [0.2, 0.25) is 0 Å². The van der Waals surface area contributed by atoms with Crippen molar-refractivity contribution in [3.8, 4) is 10.7 Å². The molecule has 0 unspecified atom stereocenters. The molecule has 0 spiro atoms. The zero-order chi connectivity index (χ0) is 16.5. The van der Waals surface area contributed by atoms with Crippen LogP contribution in [0, 0.1) is 6.92 Å². The standard InChI is InChI=1S/C16H18N6OS/c1-11-9-13(17-10-14(23)21-6-2-3-7-21)20-22-15(11)18-19-16(22)12-5-4-8-24-12/h4-5,8-9H,2-3,6-7,10H2,1H3,(H,17,20). The summed E-state index contributed by atoms with van der Waals surface area (Å²) in [7, 11) is 0. The van der Waals surface area contributed by atoms with Gasteiger partial charge < -0.3 is 10.2 Å². The molecule has 0 bridgehead atoms. The van der Waals surface area contributed by atoms with Crippen LogP contribution in [0.15, 0.2) is 23.6 Å². The smallest absolute Gasteiger partial charge is 0.241 e. The van der Waals surface area contributed by atoms with Crippen LogP contribution in [0.25, 0.3) is 16.3 Å². The number of anilines is 1. The Morgan fingerprint density at radius 3 is 2.92 bits per heavy atom. The highest BCUT2D eigenvalue weighted by Gasteiger charge is 2.18. The number of fused-ring (bicyclic) bond motifs is 1. The zero-order valence-corrected chi connectivity index (χ0v) is 14.2. The Hall–Kier alpha value is -2.48. The molecule has 4 heterocycles. The fourth-order valence-electron chi connectivity index (χ4n) is 2.92. The van der Waals surface area contributed by atoms with Crippen LogP contribution >= 0.6 is 11.3 Å². The molecule has 4 rings (SSSR count). The number of aryl methyl sites for hydroxylation is 1. The highest BCUT2D eigenvalue weighted by Crippen LogP contribution is 2.24. The van der Waals surface area contributed by atoms with E-state index < -0.39 is 0 Å². The lowest BCUT2D eigenvalue weighted by atomic mass is 10.3. The topological polar surface area (TPSA) is 75.4 Å². The van der Waals surface area contributed by atoms with Gasteiger partial charge in [0.2, 0.25) is 5.91 Å². The Balaban J connectivity index is 1.59. The Bertz CT molecular complexity index is 866. The molecule has 0 aromatic carbocycles. The van der Waals surface area contributed by atoms with Gasteiger partial charge in [-0.05, 0) is 42.8 Å². The van der Waals surface area contributed by atoms with Crippen LogP contribution < -0.4 is 5.32 Å². The van der Waals surface area contributed by atoms with E-state index >= 15 is 0 Å². The first kappa shape index (κ1) is 15.1. The van der Waals surface area contributed by atoms with Gasteiger partial charge in [-0.1, -0.05) is 6.07 Å². The third-order valence-corrected chi connectivity index (χ3v) is 5.04. The Labute approximate surface area is 143 Å². The van der Waals surface area contributed by atoms with E-state index in [1.165, 1.54) is 0 Å². The molecular formula is C16H18N6OS. The highest BCUT2D eigenvalue weighted by molar-refractivity contribution is 7.13. The zero-order valence-electron chi connectivity index (χ0n) is 13.4. The number of hydrogen-bond donors (Lipinski definition) is 1. The van der Waals surface area contributed by atoms with E-state index in [1.807, 2.05) is 35.4 Å². The van der Waals surface area contributed by atoms with Gasteiger partial charge >= 0.3 is 0 Å². The molecule has 24 heavy (non-hydrogen) atoms. The maximum atomic E-state index is 12.2. The second-order valence-corrected chi connectivity index (χ2v) is 6.84. The fourth-order valence-corrected chi connectivity index (χ4v) is 3.61. The van der Waals surface area contributed by atoms with Gasteiger partial charge in [-0.15, -0.1) is 26.6 Å². The Morgan fingerprint density at radius 1 is 1.33 bits per heavy atom. The van der Waals surface area contributed by atoms with Gasteiger partial charge in [-0.3, -0.25) is 4.79 Å². The first-order valence-electron chi connectivity index (χ1n) is 8.01. The molecule has 1 N–H and O–H groups in total. The van der Waals surface area contributed by atoms with Crippen LogP contribution in [0.3, 0.4) is 0 Å². The third-order valence-electron chi connectivity index (χ3n) is 4.18. The van der Waals surface area contributed by atoms with Crippen molar-refractivity contribution in [2.75, 3.05) is 25.0 Å². The lowest BCUT2D eigenvalue weighted by Gasteiger charge is -2.15. The number of nitrogens with one attached hydrogen (secondary N) is 1. The van der Waals surface area contributed by atoms with Gasteiger partial charge in [-0.2, -0.15) is 4.52 Å². The van der Waals surface area contributed by atoms with Crippen LogP contribution in [-0.2, 0) is 4.79 Å². The minimum atomic E-state index is 0.120. The van der Waals surface area contributed by atoms with Crippen molar-refractivity contribution < 1.29 is 4.79 Å². The van der Waals surface area contributed by atoms with Gasteiger partial charge in [0.1, 0.15) is 5.82 Å². The van der Waals surface area contributed by atoms with Crippen molar-refractivity contribution in [1.82, 2.24) is 24.7 Å². The molecule has 3 aromatic heterocycles. The summed E-state index contributed by atoms with van der Waals surface area (Å²) in [5.74, 6) is 1.50. The van der Waals surface area contributed by atoms with Gasteiger partial charge in [0, 0.05) is 13.1 Å². The van der Waals surface area contributed by atoms with Gasteiger partial charge in [0.15, 0.2) is 11.5 Å². The first-order valence-corrected chi connectivity index (χ1v) is 8.89. The molecule has 0 atom stereocenters. The average molecular weight is 342 g/mol. The maximum absolute atomic E-state index is 12.2. The number of amides is 1. The van der Waals surface area contributed by atoms with E-state index in [9.17, 15) is 4.79 Å². The van der Waals surface area contributed by atoms with Crippen molar-refractivity contribution in [3.63, 3.8) is 0 Å². The molecule has 0 saturated carbocycles. The van der Waals surface area contributed by atoms with Crippen LogP contribution in [-0.4, -0.2) is 50.3 Å². The van der Waals surface area contributed by atoms with Crippen molar-refractivity contribution in [3.05, 3.63) is 29.1 Å². The van der Waals surface area contributed by atoms with Crippen molar-refractivity contribution >= 4 is 28.7 Å². The van der Waals surface area contributed by atoms with E-state index in [-0.39, 0.29) is 12.5 Å². The molecule has 7 nitrogen and oxygen atoms in total. The third kappa shape index (κ3) is 2.73. The molecule has 1 saturated heterocycles. The summed E-state index contributed by atoms with van der Waals surface area (Å²) < 4.78 is 1.74. The van der Waals surface area contributed by atoms with Crippen LogP contribution in [0.5, 0.6) is 0 Å². The highest BCUT2D eigenvalue weighted by atomic mass is 32.1. The number of carbonyl (C=O) groups excluding carboxylic acids is 1. The van der Waals surface area contributed by atoms with Crippen molar-refractivity contribution in [2.45, 2.75) is 19.8 Å². The normalized spacial score (nSPS) is 14.5. The monoisotopic (exact) mass is 342 g/mol. The molecule has 124 valence electrons. The fraction of sp³-hybridized carbons (Fsp3) is 0.375. The molecule has 3 aromatic rings. The van der Waals surface area contributed by atoms with Gasteiger partial charge in [0.05, 0.1) is 11.4 Å². The Kier molecular flexibility index (Phi) is 3.89. The lowest BCUT2D eigenvalue weighted by molar-refractivity contribution is -0.128. The number of carbonyl (C=O) groups is 1. The summed E-state index contributed by atoms with van der Waals surface area (Å²) in [5.41, 5.74) is 1.70. The van der Waals surface area contributed by atoms with E-state index in [2.05, 4.69) is 20.6 Å². The van der Waals surface area contributed by atoms with E-state index in [0.717, 1.165) is 47.8 Å². The lowest BCUT2D eigenvalue weighted by Crippen LogP contribution is -2.33. The summed E-state index contributed by atoms with van der Waals surface area (Å²) in [6.45, 7) is 3.95.